The van der Waals surface area contributed by atoms with Crippen LogP contribution >= 0.6 is 0 Å². The first-order chi connectivity index (χ1) is 7.97. The van der Waals surface area contributed by atoms with Crippen molar-refractivity contribution in [3.05, 3.63) is 34.2 Å². The number of esters is 1. The number of rotatable bonds is 4. The van der Waals surface area contributed by atoms with Gasteiger partial charge < -0.3 is 4.74 Å². The Kier molecular flexibility index (Phi) is 4.49. The molecule has 4 nitrogen and oxygen atoms in total. The van der Waals surface area contributed by atoms with Gasteiger partial charge in [0.2, 0.25) is 0 Å². The van der Waals surface area contributed by atoms with E-state index in [1.807, 2.05) is 19.9 Å². The van der Waals surface area contributed by atoms with Gasteiger partial charge in [0.25, 0.3) is 5.56 Å². The quantitative estimate of drug-likeness (QED) is 0.753. The Morgan fingerprint density at radius 1 is 1.41 bits per heavy atom. The van der Waals surface area contributed by atoms with Crippen LogP contribution in [0.2, 0.25) is 0 Å². The summed E-state index contributed by atoms with van der Waals surface area (Å²) in [5.41, 5.74) is 0.600. The average Bonchev–Trinajstić information content (AvgIpc) is 2.22. The van der Waals surface area contributed by atoms with Crippen molar-refractivity contribution in [1.82, 2.24) is 4.57 Å². The first kappa shape index (κ1) is 13.5. The Balaban J connectivity index is 3.10. The van der Waals surface area contributed by atoms with Gasteiger partial charge in [-0.15, -0.1) is 0 Å². The largest absolute Gasteiger partial charge is 0.461 e. The van der Waals surface area contributed by atoms with Crippen LogP contribution in [0.4, 0.5) is 0 Å². The van der Waals surface area contributed by atoms with Gasteiger partial charge in [0.05, 0.1) is 6.10 Å². The molecule has 4 heteroatoms. The van der Waals surface area contributed by atoms with Crippen molar-refractivity contribution in [1.29, 1.82) is 0 Å². The minimum Gasteiger partial charge on any atom is -0.461 e. The van der Waals surface area contributed by atoms with Crippen LogP contribution in [0.15, 0.2) is 23.0 Å². The molecule has 0 saturated heterocycles. The van der Waals surface area contributed by atoms with Crippen LogP contribution in [0.1, 0.15) is 38.9 Å². The smallest absolute Gasteiger partial charge is 0.329 e. The number of nitrogens with zero attached hydrogens (tertiary/aromatic N) is 1. The maximum absolute atomic E-state index is 11.9. The van der Waals surface area contributed by atoms with E-state index in [1.165, 1.54) is 10.6 Å². The molecule has 1 aromatic rings. The fourth-order valence-electron chi connectivity index (χ4n) is 1.77. The SMILES string of the molecule is CCC(C(=O)OC(C)C)n1c(C)cccc1=O. The van der Waals surface area contributed by atoms with E-state index < -0.39 is 6.04 Å². The van der Waals surface area contributed by atoms with Crippen LogP contribution in [-0.4, -0.2) is 16.6 Å². The molecule has 0 fully saturated rings. The highest BCUT2D eigenvalue weighted by molar-refractivity contribution is 5.74. The summed E-state index contributed by atoms with van der Waals surface area (Å²) >= 11 is 0. The third kappa shape index (κ3) is 3.19. The molecule has 0 spiro atoms. The standard InChI is InChI=1S/C13H19NO3/c1-5-11(13(16)17-9(2)3)14-10(4)7-6-8-12(14)15/h6-9,11H,5H2,1-4H3. The van der Waals surface area contributed by atoms with E-state index in [9.17, 15) is 9.59 Å². The fraction of sp³-hybridized carbons (Fsp3) is 0.538. The summed E-state index contributed by atoms with van der Waals surface area (Å²) in [5, 5.41) is 0. The minimum absolute atomic E-state index is 0.169. The second kappa shape index (κ2) is 5.66. The molecular weight excluding hydrogens is 218 g/mol. The lowest BCUT2D eigenvalue weighted by molar-refractivity contribution is -0.151. The number of hydrogen-bond donors (Lipinski definition) is 0. The lowest BCUT2D eigenvalue weighted by Crippen LogP contribution is -2.32. The van der Waals surface area contributed by atoms with Crippen molar-refractivity contribution in [2.24, 2.45) is 0 Å². The summed E-state index contributed by atoms with van der Waals surface area (Å²) in [6.45, 7) is 7.27. The lowest BCUT2D eigenvalue weighted by Gasteiger charge is -2.20. The molecule has 1 atom stereocenters. The van der Waals surface area contributed by atoms with Crippen molar-refractivity contribution in [3.63, 3.8) is 0 Å². The van der Waals surface area contributed by atoms with Crippen LogP contribution in [0.3, 0.4) is 0 Å². The summed E-state index contributed by atoms with van der Waals surface area (Å²) in [6.07, 6.45) is 0.368. The summed E-state index contributed by atoms with van der Waals surface area (Å²) in [6, 6.07) is 4.42. The normalized spacial score (nSPS) is 12.5. The van der Waals surface area contributed by atoms with Gasteiger partial charge in [-0.2, -0.15) is 0 Å². The minimum atomic E-state index is -0.536. The summed E-state index contributed by atoms with van der Waals surface area (Å²) < 4.78 is 6.66. The van der Waals surface area contributed by atoms with Gasteiger partial charge in [0.1, 0.15) is 6.04 Å². The Morgan fingerprint density at radius 3 is 2.53 bits per heavy atom. The van der Waals surface area contributed by atoms with Crippen LogP contribution in [-0.2, 0) is 9.53 Å². The average molecular weight is 237 g/mol. The van der Waals surface area contributed by atoms with Gasteiger partial charge in [0.15, 0.2) is 0 Å². The molecule has 1 unspecified atom stereocenters. The van der Waals surface area contributed by atoms with Gasteiger partial charge in [0, 0.05) is 11.8 Å². The van der Waals surface area contributed by atoms with Crippen molar-refractivity contribution in [3.8, 4) is 0 Å². The van der Waals surface area contributed by atoms with Crippen LogP contribution < -0.4 is 5.56 Å². The summed E-state index contributed by atoms with van der Waals surface area (Å²) in [5.74, 6) is -0.348. The lowest BCUT2D eigenvalue weighted by atomic mass is 10.2. The molecular formula is C13H19NO3. The predicted octanol–water partition coefficient (Wildman–Crippen LogP) is 2.06. The molecule has 1 rings (SSSR count). The number of hydrogen-bond acceptors (Lipinski definition) is 3. The Morgan fingerprint density at radius 2 is 2.06 bits per heavy atom. The molecule has 0 aliphatic heterocycles. The third-order valence-electron chi connectivity index (χ3n) is 2.52. The number of aromatic nitrogens is 1. The summed E-state index contributed by atoms with van der Waals surface area (Å²) in [7, 11) is 0. The molecule has 94 valence electrons. The second-order valence-corrected chi connectivity index (χ2v) is 4.29. The zero-order valence-corrected chi connectivity index (χ0v) is 10.8. The topological polar surface area (TPSA) is 48.3 Å². The predicted molar refractivity (Wildman–Crippen MR) is 66.0 cm³/mol. The fourth-order valence-corrected chi connectivity index (χ4v) is 1.77. The molecule has 0 N–H and O–H groups in total. The van der Waals surface area contributed by atoms with Gasteiger partial charge in [-0.25, -0.2) is 4.79 Å². The molecule has 0 aromatic carbocycles. The highest BCUT2D eigenvalue weighted by atomic mass is 16.5. The van der Waals surface area contributed by atoms with Crippen molar-refractivity contribution >= 4 is 5.97 Å². The van der Waals surface area contributed by atoms with E-state index in [0.29, 0.717) is 6.42 Å². The van der Waals surface area contributed by atoms with E-state index in [-0.39, 0.29) is 17.6 Å². The van der Waals surface area contributed by atoms with Crippen molar-refractivity contribution in [2.45, 2.75) is 46.3 Å². The van der Waals surface area contributed by atoms with Gasteiger partial charge in [-0.05, 0) is 33.3 Å². The van der Waals surface area contributed by atoms with Gasteiger partial charge in [-0.1, -0.05) is 13.0 Å². The van der Waals surface area contributed by atoms with E-state index in [1.54, 1.807) is 19.9 Å². The number of pyridine rings is 1. The Bertz CT molecular complexity index is 448. The second-order valence-electron chi connectivity index (χ2n) is 4.29. The third-order valence-corrected chi connectivity index (χ3v) is 2.52. The van der Waals surface area contributed by atoms with E-state index in [4.69, 9.17) is 4.74 Å². The van der Waals surface area contributed by atoms with Gasteiger partial charge in [-0.3, -0.25) is 9.36 Å². The molecule has 0 bridgehead atoms. The number of carbonyl (C=O) groups excluding carboxylic acids is 1. The molecule has 1 aromatic heterocycles. The first-order valence-corrected chi connectivity index (χ1v) is 5.86. The number of ether oxygens (including phenoxy) is 1. The molecule has 0 aliphatic carbocycles. The number of aryl methyl sites for hydroxylation is 1. The highest BCUT2D eigenvalue weighted by Gasteiger charge is 2.22. The zero-order valence-electron chi connectivity index (χ0n) is 10.8. The maximum Gasteiger partial charge on any atom is 0.329 e. The van der Waals surface area contributed by atoms with Gasteiger partial charge >= 0.3 is 5.97 Å². The Labute approximate surface area is 101 Å². The van der Waals surface area contributed by atoms with Crippen molar-refractivity contribution in [2.75, 3.05) is 0 Å². The highest BCUT2D eigenvalue weighted by Crippen LogP contribution is 2.14. The molecule has 0 amide bonds. The number of carbonyl (C=O) groups is 1. The van der Waals surface area contributed by atoms with E-state index >= 15 is 0 Å². The van der Waals surface area contributed by atoms with Crippen LogP contribution in [0.5, 0.6) is 0 Å². The Hall–Kier alpha value is -1.58. The first-order valence-electron chi connectivity index (χ1n) is 5.86. The van der Waals surface area contributed by atoms with E-state index in [2.05, 4.69) is 0 Å². The molecule has 0 radical (unpaired) electrons. The molecule has 17 heavy (non-hydrogen) atoms. The molecule has 1 heterocycles. The zero-order chi connectivity index (χ0) is 13.0. The molecule has 0 saturated carbocycles. The summed E-state index contributed by atoms with van der Waals surface area (Å²) in [4.78, 5) is 23.7. The molecule has 0 aliphatic rings. The monoisotopic (exact) mass is 237 g/mol. The van der Waals surface area contributed by atoms with E-state index in [0.717, 1.165) is 5.69 Å². The van der Waals surface area contributed by atoms with Crippen molar-refractivity contribution < 1.29 is 9.53 Å². The maximum atomic E-state index is 11.9. The van der Waals surface area contributed by atoms with Crippen LogP contribution in [0.25, 0.3) is 0 Å². The van der Waals surface area contributed by atoms with Crippen LogP contribution in [0, 0.1) is 6.92 Å².